The lowest BCUT2D eigenvalue weighted by molar-refractivity contribution is 0.457. The van der Waals surface area contributed by atoms with Crippen molar-refractivity contribution in [1.29, 1.82) is 5.26 Å². The molecule has 0 atom stereocenters. The molecule has 0 bridgehead atoms. The van der Waals surface area contributed by atoms with Gasteiger partial charge in [-0.2, -0.15) is 5.26 Å². The van der Waals surface area contributed by atoms with Gasteiger partial charge in [-0.15, -0.1) is 0 Å². The van der Waals surface area contributed by atoms with E-state index in [2.05, 4.69) is 44.1 Å². The Morgan fingerprint density at radius 1 is 1.15 bits per heavy atom. The van der Waals surface area contributed by atoms with E-state index in [1.165, 1.54) is 0 Å². The number of para-hydroxylation sites is 1. The van der Waals surface area contributed by atoms with Crippen LogP contribution in [-0.2, 0) is 0 Å². The van der Waals surface area contributed by atoms with Crippen LogP contribution in [0.1, 0.15) is 33.3 Å². The van der Waals surface area contributed by atoms with Crippen molar-refractivity contribution in [2.75, 3.05) is 5.32 Å². The van der Waals surface area contributed by atoms with Gasteiger partial charge >= 0.3 is 0 Å². The van der Waals surface area contributed by atoms with Crippen molar-refractivity contribution in [3.8, 4) is 6.07 Å². The molecule has 0 unspecified atom stereocenters. The van der Waals surface area contributed by atoms with Gasteiger partial charge in [0.2, 0.25) is 0 Å². The molecule has 102 valence electrons. The minimum atomic E-state index is 0.243. The van der Waals surface area contributed by atoms with Crippen LogP contribution in [0.4, 0.5) is 5.82 Å². The number of rotatable bonds is 2. The predicted octanol–water partition coefficient (Wildman–Crippen LogP) is 3.95. The fraction of sp³-hybridized carbons (Fsp3) is 0.412. The summed E-state index contributed by atoms with van der Waals surface area (Å²) in [5, 5.41) is 13.7. The van der Waals surface area contributed by atoms with Crippen molar-refractivity contribution in [2.24, 2.45) is 10.8 Å². The molecule has 0 spiro atoms. The maximum absolute atomic E-state index is 9.31. The monoisotopic (exact) mass is 265 g/mol. The van der Waals surface area contributed by atoms with Crippen molar-refractivity contribution in [1.82, 2.24) is 4.98 Å². The van der Waals surface area contributed by atoms with Crippen molar-refractivity contribution in [3.05, 3.63) is 35.9 Å². The molecule has 3 rings (SSSR count). The van der Waals surface area contributed by atoms with Gasteiger partial charge in [0.15, 0.2) is 0 Å². The van der Waals surface area contributed by atoms with Crippen LogP contribution < -0.4 is 5.32 Å². The average molecular weight is 265 g/mol. The number of anilines is 1. The normalized spacial score (nSPS) is 19.6. The molecule has 3 heteroatoms. The highest BCUT2D eigenvalue weighted by molar-refractivity contribution is 5.86. The topological polar surface area (TPSA) is 48.7 Å². The summed E-state index contributed by atoms with van der Waals surface area (Å²) in [5.74, 6) is 0.795. The first-order valence-electron chi connectivity index (χ1n) is 6.94. The molecule has 1 saturated carbocycles. The van der Waals surface area contributed by atoms with E-state index in [1.54, 1.807) is 0 Å². The number of nitrogens with zero attached hydrogens (tertiary/aromatic N) is 2. The maximum Gasteiger partial charge on any atom is 0.128 e. The first-order valence-corrected chi connectivity index (χ1v) is 6.94. The summed E-state index contributed by atoms with van der Waals surface area (Å²) in [6.45, 7) is 9.04. The average Bonchev–Trinajstić information content (AvgIpc) is 2.80. The molecule has 3 nitrogen and oxygen atoms in total. The van der Waals surface area contributed by atoms with E-state index in [0.717, 1.165) is 16.7 Å². The Hall–Kier alpha value is -2.08. The fourth-order valence-electron chi connectivity index (χ4n) is 3.05. The minimum Gasteiger partial charge on any atom is -0.366 e. The van der Waals surface area contributed by atoms with Crippen molar-refractivity contribution < 1.29 is 0 Å². The highest BCUT2D eigenvalue weighted by Crippen LogP contribution is 2.63. The zero-order chi connectivity index (χ0) is 14.5. The van der Waals surface area contributed by atoms with E-state index < -0.39 is 0 Å². The first kappa shape index (κ1) is 12.9. The molecule has 1 fully saturated rings. The number of aromatic nitrogens is 1. The number of nitriles is 1. The van der Waals surface area contributed by atoms with Gasteiger partial charge < -0.3 is 5.32 Å². The fourth-order valence-corrected chi connectivity index (χ4v) is 3.05. The highest BCUT2D eigenvalue weighted by Gasteiger charge is 2.65. The Labute approximate surface area is 119 Å². The van der Waals surface area contributed by atoms with E-state index in [9.17, 15) is 5.26 Å². The lowest BCUT2D eigenvalue weighted by Gasteiger charge is -2.09. The number of benzene rings is 1. The second-order valence-corrected chi connectivity index (χ2v) is 6.70. The van der Waals surface area contributed by atoms with Crippen LogP contribution in [0, 0.1) is 22.2 Å². The van der Waals surface area contributed by atoms with Gasteiger partial charge in [0.1, 0.15) is 5.82 Å². The molecule has 0 amide bonds. The van der Waals surface area contributed by atoms with E-state index in [-0.39, 0.29) is 10.8 Å². The van der Waals surface area contributed by atoms with Crippen LogP contribution >= 0.6 is 0 Å². The number of hydrogen-bond acceptors (Lipinski definition) is 3. The van der Waals surface area contributed by atoms with E-state index in [1.807, 2.05) is 30.3 Å². The predicted molar refractivity (Wildman–Crippen MR) is 81.4 cm³/mol. The van der Waals surface area contributed by atoms with Gasteiger partial charge in [-0.1, -0.05) is 45.9 Å². The summed E-state index contributed by atoms with van der Waals surface area (Å²) >= 11 is 0. The Balaban J connectivity index is 2.00. The minimum absolute atomic E-state index is 0.243. The van der Waals surface area contributed by atoms with Crippen LogP contribution in [0.15, 0.2) is 30.3 Å². The van der Waals surface area contributed by atoms with E-state index in [4.69, 9.17) is 0 Å². The van der Waals surface area contributed by atoms with Gasteiger partial charge in [-0.05, 0) is 23.0 Å². The molecule has 1 heterocycles. The molecule has 0 aliphatic heterocycles. The summed E-state index contributed by atoms with van der Waals surface area (Å²) < 4.78 is 0. The highest BCUT2D eigenvalue weighted by atomic mass is 15.1. The molecule has 20 heavy (non-hydrogen) atoms. The standard InChI is InChI=1S/C17H19N3/c1-16(2)15(17(16,3)4)20-14-9-11(10-18)12-7-5-6-8-13(12)19-14/h5-9,15H,1-4H3,(H,19,20). The largest absolute Gasteiger partial charge is 0.366 e. The van der Waals surface area contributed by atoms with Gasteiger partial charge in [-0.25, -0.2) is 4.98 Å². The third-order valence-electron chi connectivity index (χ3n) is 5.15. The second kappa shape index (κ2) is 3.96. The number of pyridine rings is 1. The summed E-state index contributed by atoms with van der Waals surface area (Å²) in [6.07, 6.45) is 0. The molecule has 1 aliphatic carbocycles. The lowest BCUT2D eigenvalue weighted by Crippen LogP contribution is -2.11. The summed E-state index contributed by atoms with van der Waals surface area (Å²) in [7, 11) is 0. The summed E-state index contributed by atoms with van der Waals surface area (Å²) in [6, 6.07) is 12.3. The van der Waals surface area contributed by atoms with Crippen molar-refractivity contribution in [2.45, 2.75) is 33.7 Å². The molecule has 1 N–H and O–H groups in total. The SMILES string of the molecule is CC1(C)C(Nc2cc(C#N)c3ccccc3n2)C1(C)C. The lowest BCUT2D eigenvalue weighted by atomic mass is 10.0. The first-order chi connectivity index (χ1) is 9.38. The van der Waals surface area contributed by atoms with Crippen LogP contribution in [0.2, 0.25) is 0 Å². The van der Waals surface area contributed by atoms with Crippen molar-refractivity contribution >= 4 is 16.7 Å². The summed E-state index contributed by atoms with van der Waals surface area (Å²) in [4.78, 5) is 4.63. The van der Waals surface area contributed by atoms with Crippen LogP contribution in [0.25, 0.3) is 10.9 Å². The number of fused-ring (bicyclic) bond motifs is 1. The second-order valence-electron chi connectivity index (χ2n) is 6.70. The third kappa shape index (κ3) is 1.68. The Morgan fingerprint density at radius 2 is 1.80 bits per heavy atom. The Morgan fingerprint density at radius 3 is 2.40 bits per heavy atom. The molecule has 0 saturated heterocycles. The van der Waals surface area contributed by atoms with E-state index in [0.29, 0.717) is 11.6 Å². The molecular weight excluding hydrogens is 246 g/mol. The quantitative estimate of drug-likeness (QED) is 0.894. The molecule has 1 aromatic carbocycles. The van der Waals surface area contributed by atoms with Crippen LogP contribution in [0.3, 0.4) is 0 Å². The Kier molecular flexibility index (Phi) is 2.56. The molecule has 2 aromatic rings. The van der Waals surface area contributed by atoms with Gasteiger partial charge in [0, 0.05) is 11.4 Å². The smallest absolute Gasteiger partial charge is 0.128 e. The van der Waals surface area contributed by atoms with Gasteiger partial charge in [-0.3, -0.25) is 0 Å². The molecule has 1 aliphatic rings. The summed E-state index contributed by atoms with van der Waals surface area (Å²) in [5.41, 5.74) is 2.03. The van der Waals surface area contributed by atoms with Gasteiger partial charge in [0.25, 0.3) is 0 Å². The zero-order valence-electron chi connectivity index (χ0n) is 12.4. The van der Waals surface area contributed by atoms with Gasteiger partial charge in [0.05, 0.1) is 17.1 Å². The van der Waals surface area contributed by atoms with Crippen LogP contribution in [-0.4, -0.2) is 11.0 Å². The van der Waals surface area contributed by atoms with Crippen LogP contribution in [0.5, 0.6) is 0 Å². The van der Waals surface area contributed by atoms with Crippen molar-refractivity contribution in [3.63, 3.8) is 0 Å². The maximum atomic E-state index is 9.31. The molecule has 0 radical (unpaired) electrons. The zero-order valence-corrected chi connectivity index (χ0v) is 12.4. The van der Waals surface area contributed by atoms with E-state index >= 15 is 0 Å². The molecule has 1 aromatic heterocycles. The Bertz CT molecular complexity index is 709. The molecular formula is C17H19N3. The third-order valence-corrected chi connectivity index (χ3v) is 5.15. The number of nitrogens with one attached hydrogen (secondary N) is 1. The number of hydrogen-bond donors (Lipinski definition) is 1.